The van der Waals surface area contributed by atoms with E-state index in [-0.39, 0.29) is 28.6 Å². The number of ether oxygens (including phenoxy) is 2. The summed E-state index contributed by atoms with van der Waals surface area (Å²) < 4.78 is 41.6. The Bertz CT molecular complexity index is 1530. The Kier molecular flexibility index (Phi) is 9.73. The van der Waals surface area contributed by atoms with Crippen LogP contribution >= 0.6 is 34.2 Å². The zero-order valence-electron chi connectivity index (χ0n) is 20.0. The third kappa shape index (κ3) is 7.25. The number of halogens is 2. The summed E-state index contributed by atoms with van der Waals surface area (Å²) in [4.78, 5) is 24.2. The fraction of sp³-hybridized carbons (Fsp3) is 0.115. The van der Waals surface area contributed by atoms with Gasteiger partial charge < -0.3 is 19.0 Å². The van der Waals surface area contributed by atoms with Gasteiger partial charge in [-0.3, -0.25) is 4.79 Å². The molecule has 9 nitrogen and oxygen atoms in total. The smallest absolute Gasteiger partial charge is 0.339 e. The van der Waals surface area contributed by atoms with Gasteiger partial charge in [0, 0.05) is 10.7 Å². The molecule has 3 rings (SSSR count). The van der Waals surface area contributed by atoms with E-state index >= 15 is 0 Å². The molecule has 0 saturated heterocycles. The number of carbonyl (C=O) groups is 2. The lowest BCUT2D eigenvalue weighted by Gasteiger charge is -2.15. The second-order valence-electron chi connectivity index (χ2n) is 7.45. The number of carbonyl (C=O) groups excluding carboxylic acids is 2. The Morgan fingerprint density at radius 1 is 1.11 bits per heavy atom. The van der Waals surface area contributed by atoms with Gasteiger partial charge in [0.25, 0.3) is 5.91 Å². The van der Waals surface area contributed by atoms with Crippen LogP contribution in [0.15, 0.2) is 71.1 Å². The topological polar surface area (TPSA) is 132 Å². The van der Waals surface area contributed by atoms with Crippen molar-refractivity contribution < 1.29 is 31.7 Å². The highest BCUT2D eigenvalue weighted by Gasteiger charge is 2.22. The number of nitrogens with zero attached hydrogens (tertiary/aromatic N) is 1. The lowest BCUT2D eigenvalue weighted by molar-refractivity contribution is -0.112. The maximum atomic E-state index is 12.8. The highest BCUT2D eigenvalue weighted by atomic mass is 127. The van der Waals surface area contributed by atoms with Crippen molar-refractivity contribution in [2.75, 3.05) is 19.0 Å². The number of hydrogen-bond donors (Lipinski definition) is 1. The first-order chi connectivity index (χ1) is 18.1. The van der Waals surface area contributed by atoms with Crippen molar-refractivity contribution in [1.82, 2.24) is 0 Å². The monoisotopic (exact) mass is 666 g/mol. The van der Waals surface area contributed by atoms with Gasteiger partial charge in [-0.2, -0.15) is 13.7 Å². The molecule has 0 spiro atoms. The number of anilines is 1. The number of benzene rings is 3. The first kappa shape index (κ1) is 29.0. The molecule has 0 bridgehead atoms. The van der Waals surface area contributed by atoms with Crippen LogP contribution in [0, 0.1) is 14.9 Å². The summed E-state index contributed by atoms with van der Waals surface area (Å²) >= 11 is 7.73. The van der Waals surface area contributed by atoms with E-state index in [1.165, 1.54) is 67.8 Å². The van der Waals surface area contributed by atoms with Gasteiger partial charge in [0.2, 0.25) is 0 Å². The molecule has 0 aliphatic heterocycles. The van der Waals surface area contributed by atoms with Crippen molar-refractivity contribution in [1.29, 1.82) is 5.26 Å². The van der Waals surface area contributed by atoms with Crippen LogP contribution in [0.2, 0.25) is 5.02 Å². The standard InChI is InChI=1S/C26H20ClIN2O7S/c1-3-36-23-14-16(13-22(28)24(23)37-38(33,34)21-10-6-19(27)7-11-21)12-18(15-29)25(31)30-20-8-4-17(5-9-20)26(32)35-2/h4-14H,3H2,1-2H3,(H,30,31)/b18-12+. The van der Waals surface area contributed by atoms with Crippen molar-refractivity contribution in [3.8, 4) is 17.6 Å². The first-order valence-electron chi connectivity index (χ1n) is 10.9. The summed E-state index contributed by atoms with van der Waals surface area (Å²) in [6.45, 7) is 1.92. The molecular formula is C26H20ClIN2O7S. The van der Waals surface area contributed by atoms with Gasteiger partial charge in [-0.15, -0.1) is 0 Å². The van der Waals surface area contributed by atoms with Crippen LogP contribution in [0.4, 0.5) is 5.69 Å². The van der Waals surface area contributed by atoms with E-state index in [1.807, 2.05) is 28.7 Å². The third-order valence-electron chi connectivity index (χ3n) is 4.87. The number of esters is 1. The third-order valence-corrected chi connectivity index (χ3v) is 7.16. The average molecular weight is 667 g/mol. The summed E-state index contributed by atoms with van der Waals surface area (Å²) in [6.07, 6.45) is 1.33. The lowest BCUT2D eigenvalue weighted by Crippen LogP contribution is -2.14. The molecule has 1 N–H and O–H groups in total. The van der Waals surface area contributed by atoms with Crippen LogP contribution in [0.3, 0.4) is 0 Å². The number of methoxy groups -OCH3 is 1. The second kappa shape index (κ2) is 12.8. The number of nitrogens with one attached hydrogen (secondary N) is 1. The summed E-state index contributed by atoms with van der Waals surface area (Å²) in [5.74, 6) is -1.13. The molecule has 196 valence electrons. The van der Waals surface area contributed by atoms with E-state index in [1.54, 1.807) is 13.0 Å². The van der Waals surface area contributed by atoms with E-state index in [2.05, 4.69) is 10.1 Å². The minimum absolute atomic E-state index is 0.0341. The van der Waals surface area contributed by atoms with Crippen LogP contribution < -0.4 is 14.2 Å². The van der Waals surface area contributed by atoms with Gasteiger partial charge in [0.1, 0.15) is 16.5 Å². The van der Waals surface area contributed by atoms with Gasteiger partial charge >= 0.3 is 16.1 Å². The Labute approximate surface area is 238 Å². The van der Waals surface area contributed by atoms with Crippen molar-refractivity contribution >= 4 is 67.9 Å². The number of amides is 1. The SMILES string of the molecule is CCOc1cc(/C=C(\C#N)C(=O)Nc2ccc(C(=O)OC)cc2)cc(I)c1OS(=O)(=O)c1ccc(Cl)cc1. The highest BCUT2D eigenvalue weighted by molar-refractivity contribution is 14.1. The molecule has 0 aliphatic carbocycles. The Morgan fingerprint density at radius 3 is 2.34 bits per heavy atom. The van der Waals surface area contributed by atoms with Crippen LogP contribution in [0.1, 0.15) is 22.8 Å². The Hall–Kier alpha value is -3.60. The molecule has 3 aromatic rings. The van der Waals surface area contributed by atoms with Crippen molar-refractivity contribution in [3.63, 3.8) is 0 Å². The van der Waals surface area contributed by atoms with Crippen LogP contribution in [0.25, 0.3) is 6.08 Å². The predicted molar refractivity (Wildman–Crippen MR) is 150 cm³/mol. The zero-order chi connectivity index (χ0) is 27.9. The molecular weight excluding hydrogens is 647 g/mol. The Morgan fingerprint density at radius 2 is 1.76 bits per heavy atom. The van der Waals surface area contributed by atoms with Crippen molar-refractivity contribution in [3.05, 3.63) is 86.0 Å². The Balaban J connectivity index is 1.89. The van der Waals surface area contributed by atoms with Crippen LogP contribution in [-0.4, -0.2) is 34.0 Å². The van der Waals surface area contributed by atoms with Crippen LogP contribution in [-0.2, 0) is 19.6 Å². The number of rotatable bonds is 9. The molecule has 1 amide bonds. The molecule has 3 aromatic carbocycles. The zero-order valence-corrected chi connectivity index (χ0v) is 23.8. The van der Waals surface area contributed by atoms with E-state index < -0.39 is 22.0 Å². The lowest BCUT2D eigenvalue weighted by atomic mass is 10.1. The molecule has 12 heteroatoms. The molecule has 0 aliphatic rings. The number of hydrogen-bond acceptors (Lipinski definition) is 8. The summed E-state index contributed by atoms with van der Waals surface area (Å²) in [7, 11) is -2.94. The molecule has 0 radical (unpaired) electrons. The van der Waals surface area contributed by atoms with Crippen molar-refractivity contribution in [2.45, 2.75) is 11.8 Å². The second-order valence-corrected chi connectivity index (χ2v) is 10.6. The summed E-state index contributed by atoms with van der Waals surface area (Å²) in [5, 5.41) is 12.6. The maximum absolute atomic E-state index is 12.8. The predicted octanol–water partition coefficient (Wildman–Crippen LogP) is 5.44. The van der Waals surface area contributed by atoms with E-state index in [4.69, 9.17) is 20.5 Å². The highest BCUT2D eigenvalue weighted by Crippen LogP contribution is 2.37. The molecule has 0 saturated carbocycles. The van der Waals surface area contributed by atoms with Gasteiger partial charge in [-0.1, -0.05) is 11.6 Å². The van der Waals surface area contributed by atoms with Crippen LogP contribution in [0.5, 0.6) is 11.5 Å². The number of nitriles is 1. The quantitative estimate of drug-likeness (QED) is 0.105. The average Bonchev–Trinajstić information content (AvgIpc) is 2.89. The van der Waals surface area contributed by atoms with Crippen molar-refractivity contribution in [2.24, 2.45) is 0 Å². The maximum Gasteiger partial charge on any atom is 0.339 e. The van der Waals surface area contributed by atoms with E-state index in [0.29, 0.717) is 25.4 Å². The summed E-state index contributed by atoms with van der Waals surface area (Å²) in [5.41, 5.74) is 0.856. The molecule has 0 fully saturated rings. The van der Waals surface area contributed by atoms with Gasteiger partial charge in [0.15, 0.2) is 11.5 Å². The van der Waals surface area contributed by atoms with E-state index in [0.717, 1.165) is 0 Å². The van der Waals surface area contributed by atoms with E-state index in [9.17, 15) is 23.3 Å². The summed E-state index contributed by atoms with van der Waals surface area (Å²) in [6, 6.07) is 16.3. The largest absolute Gasteiger partial charge is 0.490 e. The fourth-order valence-corrected chi connectivity index (χ4v) is 5.06. The van der Waals surface area contributed by atoms with Gasteiger partial charge in [-0.05, 0) is 102 Å². The minimum atomic E-state index is -4.20. The molecule has 0 heterocycles. The fourth-order valence-electron chi connectivity index (χ4n) is 3.10. The van der Waals surface area contributed by atoms with Gasteiger partial charge in [0.05, 0.1) is 22.9 Å². The molecule has 38 heavy (non-hydrogen) atoms. The normalized spacial score (nSPS) is 11.3. The molecule has 0 unspecified atom stereocenters. The van der Waals surface area contributed by atoms with Gasteiger partial charge in [-0.25, -0.2) is 4.79 Å². The minimum Gasteiger partial charge on any atom is -0.490 e. The molecule has 0 aromatic heterocycles. The first-order valence-corrected chi connectivity index (χ1v) is 13.7. The molecule has 0 atom stereocenters.